The van der Waals surface area contributed by atoms with E-state index in [9.17, 15) is 0 Å². The number of fused-ring (bicyclic) bond motifs is 2. The predicted octanol–water partition coefficient (Wildman–Crippen LogP) is 4.40. The second-order valence-corrected chi connectivity index (χ2v) is 9.07. The first kappa shape index (κ1) is 18.6. The molecule has 0 amide bonds. The number of aromatic amines is 1. The fourth-order valence-corrected chi connectivity index (χ4v) is 4.93. The summed E-state index contributed by atoms with van der Waals surface area (Å²) in [6.07, 6.45) is 6.63. The van der Waals surface area contributed by atoms with Gasteiger partial charge in [0.05, 0.1) is 23.1 Å². The second-order valence-electron chi connectivity index (χ2n) is 9.07. The minimum atomic E-state index is 0.165. The van der Waals surface area contributed by atoms with Crippen LogP contribution in [0.3, 0.4) is 0 Å². The molecule has 0 unspecified atom stereocenters. The van der Waals surface area contributed by atoms with E-state index >= 15 is 0 Å². The molecular formula is C26H27N5. The highest BCUT2D eigenvalue weighted by molar-refractivity contribution is 6.15. The van der Waals surface area contributed by atoms with Crippen LogP contribution in [-0.2, 0) is 6.42 Å². The van der Waals surface area contributed by atoms with Crippen LogP contribution in [0.5, 0.6) is 0 Å². The first-order valence-electron chi connectivity index (χ1n) is 11.2. The molecule has 0 radical (unpaired) electrons. The van der Waals surface area contributed by atoms with Crippen LogP contribution in [0.1, 0.15) is 53.0 Å². The Kier molecular flexibility index (Phi) is 4.15. The Morgan fingerprint density at radius 3 is 2.81 bits per heavy atom. The number of allylic oxidation sites excluding steroid dienone is 1. The van der Waals surface area contributed by atoms with Crippen molar-refractivity contribution in [2.45, 2.75) is 38.8 Å². The lowest BCUT2D eigenvalue weighted by molar-refractivity contribution is 0.514. The number of pyridine rings is 1. The monoisotopic (exact) mass is 409 g/mol. The number of H-pyrrole nitrogens is 1. The van der Waals surface area contributed by atoms with Crippen LogP contribution < -0.4 is 10.6 Å². The zero-order chi connectivity index (χ0) is 21.1. The van der Waals surface area contributed by atoms with E-state index in [1.165, 1.54) is 27.9 Å². The number of nitrogens with two attached hydrogens (primary N) is 1. The van der Waals surface area contributed by atoms with Crippen LogP contribution >= 0.6 is 0 Å². The molecule has 1 aromatic carbocycles. The van der Waals surface area contributed by atoms with Crippen molar-refractivity contribution in [1.82, 2.24) is 9.97 Å². The molecule has 156 valence electrons. The van der Waals surface area contributed by atoms with Gasteiger partial charge in [-0.1, -0.05) is 18.2 Å². The lowest BCUT2D eigenvalue weighted by Gasteiger charge is -2.38. The van der Waals surface area contributed by atoms with Gasteiger partial charge in [0.15, 0.2) is 0 Å². The van der Waals surface area contributed by atoms with Crippen molar-refractivity contribution in [3.05, 3.63) is 76.1 Å². The summed E-state index contributed by atoms with van der Waals surface area (Å²) in [5.41, 5.74) is 16.6. The van der Waals surface area contributed by atoms with Crippen molar-refractivity contribution in [2.24, 2.45) is 10.7 Å². The van der Waals surface area contributed by atoms with Gasteiger partial charge < -0.3 is 15.6 Å². The number of rotatable bonds is 3. The number of hydrogen-bond donors (Lipinski definition) is 2. The fourth-order valence-electron chi connectivity index (χ4n) is 4.93. The van der Waals surface area contributed by atoms with Gasteiger partial charge in [0.25, 0.3) is 0 Å². The van der Waals surface area contributed by atoms with Gasteiger partial charge in [-0.15, -0.1) is 0 Å². The zero-order valence-electron chi connectivity index (χ0n) is 18.0. The van der Waals surface area contributed by atoms with Gasteiger partial charge in [-0.05, 0) is 73.7 Å². The van der Waals surface area contributed by atoms with E-state index < -0.39 is 0 Å². The Bertz CT molecular complexity index is 1240. The molecule has 2 aliphatic heterocycles. The van der Waals surface area contributed by atoms with Crippen molar-refractivity contribution in [3.63, 3.8) is 0 Å². The lowest BCUT2D eigenvalue weighted by atomic mass is 9.96. The molecule has 0 spiro atoms. The fraction of sp³-hybridized carbons (Fsp3) is 0.308. The molecule has 4 heterocycles. The minimum Gasteiger partial charge on any atom is -0.354 e. The number of anilines is 1. The Balaban J connectivity index is 1.40. The Hall–Kier alpha value is -3.18. The van der Waals surface area contributed by atoms with E-state index in [1.807, 2.05) is 0 Å². The molecule has 3 aliphatic rings. The van der Waals surface area contributed by atoms with E-state index in [0.717, 1.165) is 54.4 Å². The number of hydrogen-bond acceptors (Lipinski definition) is 4. The van der Waals surface area contributed by atoms with Gasteiger partial charge in [-0.3, -0.25) is 4.99 Å². The van der Waals surface area contributed by atoms with Crippen molar-refractivity contribution in [1.29, 1.82) is 0 Å². The van der Waals surface area contributed by atoms with Gasteiger partial charge in [-0.25, -0.2) is 4.98 Å². The molecule has 6 rings (SSSR count). The highest BCUT2D eigenvalue weighted by Crippen LogP contribution is 2.36. The highest BCUT2D eigenvalue weighted by Gasteiger charge is 2.27. The average molecular weight is 410 g/mol. The first-order chi connectivity index (χ1) is 15.0. The molecule has 3 N–H and O–H groups in total. The van der Waals surface area contributed by atoms with Gasteiger partial charge >= 0.3 is 0 Å². The quantitative estimate of drug-likeness (QED) is 0.673. The standard InChI is InChI=1S/C26H27N5/c1-15-9-23(30-25(10-15)31-13-19(27)14-31)18-7-8-20-16(2)28-26(21(20)11-18)24-12-17-5-3-4-6-22(17)29-24/h4,6-12,16,19,29H,3,5,13-14,27H2,1-2H3/t16-/m0/s1. The summed E-state index contributed by atoms with van der Waals surface area (Å²) in [7, 11) is 0. The summed E-state index contributed by atoms with van der Waals surface area (Å²) >= 11 is 0. The lowest BCUT2D eigenvalue weighted by Crippen LogP contribution is -2.56. The zero-order valence-corrected chi connectivity index (χ0v) is 18.0. The van der Waals surface area contributed by atoms with Crippen LogP contribution in [0, 0.1) is 6.92 Å². The summed E-state index contributed by atoms with van der Waals surface area (Å²) in [5.74, 6) is 1.02. The van der Waals surface area contributed by atoms with Crippen LogP contribution in [0.4, 0.5) is 5.82 Å². The Morgan fingerprint density at radius 1 is 1.13 bits per heavy atom. The smallest absolute Gasteiger partial charge is 0.129 e. The van der Waals surface area contributed by atoms with E-state index in [1.54, 1.807) is 0 Å². The number of benzene rings is 1. The Morgan fingerprint density at radius 2 is 2.00 bits per heavy atom. The molecule has 0 bridgehead atoms. The van der Waals surface area contributed by atoms with Gasteiger partial charge in [-0.2, -0.15) is 0 Å². The number of nitrogens with zero attached hydrogens (tertiary/aromatic N) is 3. The van der Waals surface area contributed by atoms with E-state index in [2.05, 4.69) is 72.3 Å². The van der Waals surface area contributed by atoms with Crippen molar-refractivity contribution >= 4 is 17.6 Å². The molecule has 2 aromatic heterocycles. The van der Waals surface area contributed by atoms with Crippen LogP contribution in [0.15, 0.2) is 47.5 Å². The highest BCUT2D eigenvalue weighted by atomic mass is 15.3. The summed E-state index contributed by atoms with van der Waals surface area (Å²) in [5, 5.41) is 0. The number of nitrogens with one attached hydrogen (secondary N) is 1. The Labute approximate surface area is 182 Å². The maximum absolute atomic E-state index is 5.98. The van der Waals surface area contributed by atoms with Gasteiger partial charge in [0.2, 0.25) is 0 Å². The predicted molar refractivity (Wildman–Crippen MR) is 127 cm³/mol. The van der Waals surface area contributed by atoms with Crippen molar-refractivity contribution < 1.29 is 0 Å². The summed E-state index contributed by atoms with van der Waals surface area (Å²) in [6, 6.07) is 13.7. The van der Waals surface area contributed by atoms with Gasteiger partial charge in [0, 0.05) is 36.0 Å². The number of aryl methyl sites for hydroxylation is 2. The van der Waals surface area contributed by atoms with Crippen LogP contribution in [0.25, 0.3) is 17.3 Å². The maximum Gasteiger partial charge on any atom is 0.129 e. The van der Waals surface area contributed by atoms with E-state index in [4.69, 9.17) is 15.7 Å². The van der Waals surface area contributed by atoms with Crippen molar-refractivity contribution in [3.8, 4) is 11.3 Å². The normalized spacial score (nSPS) is 19.8. The SMILES string of the molecule is Cc1cc(-c2ccc3c(c2)C(c2cc4c([nH]2)C=CCC4)=N[C@H]3C)nc(N2CC(N)C2)c1. The maximum atomic E-state index is 5.98. The second kappa shape index (κ2) is 6.92. The molecule has 1 saturated heterocycles. The molecule has 1 fully saturated rings. The largest absolute Gasteiger partial charge is 0.354 e. The molecule has 5 nitrogen and oxygen atoms in total. The molecule has 1 aliphatic carbocycles. The average Bonchev–Trinajstić information content (AvgIpc) is 3.31. The number of aromatic nitrogens is 2. The van der Waals surface area contributed by atoms with Crippen LogP contribution in [-0.4, -0.2) is 34.8 Å². The molecule has 1 atom stereocenters. The van der Waals surface area contributed by atoms with Crippen LogP contribution in [0.2, 0.25) is 0 Å². The van der Waals surface area contributed by atoms with E-state index in [0.29, 0.717) is 0 Å². The number of aliphatic imine (C=N–C) groups is 1. The van der Waals surface area contributed by atoms with Crippen molar-refractivity contribution in [2.75, 3.05) is 18.0 Å². The molecule has 3 aromatic rings. The third-order valence-electron chi connectivity index (χ3n) is 6.62. The topological polar surface area (TPSA) is 70.3 Å². The molecule has 0 saturated carbocycles. The third kappa shape index (κ3) is 3.12. The van der Waals surface area contributed by atoms with Gasteiger partial charge in [0.1, 0.15) is 5.82 Å². The molecule has 5 heteroatoms. The minimum absolute atomic E-state index is 0.165. The summed E-state index contributed by atoms with van der Waals surface area (Å²) in [4.78, 5) is 15.8. The molecular weight excluding hydrogens is 382 g/mol. The summed E-state index contributed by atoms with van der Waals surface area (Å²) < 4.78 is 0. The first-order valence-corrected chi connectivity index (χ1v) is 11.2. The molecule has 31 heavy (non-hydrogen) atoms. The van der Waals surface area contributed by atoms with E-state index in [-0.39, 0.29) is 12.1 Å². The summed E-state index contributed by atoms with van der Waals surface area (Å²) in [6.45, 7) is 6.05. The third-order valence-corrected chi connectivity index (χ3v) is 6.62.